The van der Waals surface area contributed by atoms with Gasteiger partial charge in [0.2, 0.25) is 0 Å². The Kier molecular flexibility index (Phi) is 5.95. The van der Waals surface area contributed by atoms with Gasteiger partial charge in [-0.15, -0.1) is 0 Å². The van der Waals surface area contributed by atoms with Gasteiger partial charge in [0.15, 0.2) is 0 Å². The molecular formula is C19H27N2Si. The number of benzene rings is 2. The maximum Gasteiger partial charge on any atom is 0.119 e. The van der Waals surface area contributed by atoms with Gasteiger partial charge in [0.25, 0.3) is 0 Å². The standard InChI is InChI=1S/C19H27N2Si/c1-20(2)14-16-10-9-11-17(15-21(3)4)19(16)22(5)18-12-7-6-8-13-18/h6-13H,14-15H2,1-5H3. The molecule has 0 fully saturated rings. The van der Waals surface area contributed by atoms with E-state index < -0.39 is 8.80 Å². The molecule has 0 aliphatic carbocycles. The maximum absolute atomic E-state index is 2.42. The maximum atomic E-state index is 2.42. The summed E-state index contributed by atoms with van der Waals surface area (Å²) in [7, 11) is 7.84. The first kappa shape index (κ1) is 16.9. The minimum Gasteiger partial charge on any atom is -0.305 e. The van der Waals surface area contributed by atoms with Gasteiger partial charge in [0.1, 0.15) is 8.80 Å². The van der Waals surface area contributed by atoms with E-state index in [1.807, 2.05) is 0 Å². The van der Waals surface area contributed by atoms with Crippen molar-refractivity contribution in [3.05, 3.63) is 59.7 Å². The van der Waals surface area contributed by atoms with Gasteiger partial charge in [-0.2, -0.15) is 0 Å². The van der Waals surface area contributed by atoms with Crippen LogP contribution in [0.5, 0.6) is 0 Å². The highest BCUT2D eigenvalue weighted by atomic mass is 28.3. The van der Waals surface area contributed by atoms with Gasteiger partial charge in [0, 0.05) is 13.1 Å². The molecule has 117 valence electrons. The second-order valence-corrected chi connectivity index (χ2v) is 8.75. The molecule has 1 radical (unpaired) electrons. The molecule has 0 aromatic heterocycles. The lowest BCUT2D eigenvalue weighted by atomic mass is 10.1. The molecule has 0 bridgehead atoms. The molecule has 0 N–H and O–H groups in total. The van der Waals surface area contributed by atoms with Crippen LogP contribution in [0.3, 0.4) is 0 Å². The molecular weight excluding hydrogens is 284 g/mol. The number of hydrogen-bond acceptors (Lipinski definition) is 2. The second kappa shape index (κ2) is 7.72. The van der Waals surface area contributed by atoms with Crippen LogP contribution >= 0.6 is 0 Å². The molecule has 2 nitrogen and oxygen atoms in total. The van der Waals surface area contributed by atoms with Crippen molar-refractivity contribution in [2.75, 3.05) is 28.2 Å². The van der Waals surface area contributed by atoms with Crippen LogP contribution in [-0.4, -0.2) is 46.8 Å². The summed E-state index contributed by atoms with van der Waals surface area (Å²) >= 11 is 0. The Morgan fingerprint density at radius 1 is 0.727 bits per heavy atom. The first-order chi connectivity index (χ1) is 10.5. The molecule has 0 spiro atoms. The second-order valence-electron chi connectivity index (χ2n) is 6.42. The molecule has 22 heavy (non-hydrogen) atoms. The lowest BCUT2D eigenvalue weighted by molar-refractivity contribution is 0.398. The molecule has 0 aliphatic rings. The molecule has 0 aliphatic heterocycles. The van der Waals surface area contributed by atoms with Crippen LogP contribution in [0.25, 0.3) is 0 Å². The zero-order chi connectivity index (χ0) is 16.1. The van der Waals surface area contributed by atoms with Crippen molar-refractivity contribution in [1.82, 2.24) is 9.80 Å². The van der Waals surface area contributed by atoms with Crippen LogP contribution in [0.2, 0.25) is 6.55 Å². The van der Waals surface area contributed by atoms with Gasteiger partial charge in [0.05, 0.1) is 0 Å². The summed E-state index contributed by atoms with van der Waals surface area (Å²) in [4.78, 5) is 4.52. The van der Waals surface area contributed by atoms with E-state index in [1.54, 1.807) is 5.19 Å². The fourth-order valence-corrected chi connectivity index (χ4v) is 5.18. The van der Waals surface area contributed by atoms with Crippen molar-refractivity contribution in [2.24, 2.45) is 0 Å². The number of rotatable bonds is 6. The summed E-state index contributed by atoms with van der Waals surface area (Å²) in [6.07, 6.45) is 0. The summed E-state index contributed by atoms with van der Waals surface area (Å²) in [5.41, 5.74) is 2.95. The first-order valence-corrected chi connectivity index (χ1v) is 9.78. The van der Waals surface area contributed by atoms with Crippen molar-refractivity contribution in [3.8, 4) is 0 Å². The summed E-state index contributed by atoms with van der Waals surface area (Å²) in [5.74, 6) is 0. The highest BCUT2D eigenvalue weighted by molar-refractivity contribution is 6.84. The van der Waals surface area contributed by atoms with Gasteiger partial charge < -0.3 is 9.80 Å². The van der Waals surface area contributed by atoms with E-state index in [4.69, 9.17) is 0 Å². The van der Waals surface area contributed by atoms with Crippen LogP contribution in [0.15, 0.2) is 48.5 Å². The molecule has 0 saturated heterocycles. The Labute approximate surface area is 137 Å². The van der Waals surface area contributed by atoms with Crippen LogP contribution in [0.1, 0.15) is 11.1 Å². The molecule has 3 heteroatoms. The van der Waals surface area contributed by atoms with Crippen molar-refractivity contribution >= 4 is 19.2 Å². The lowest BCUT2D eigenvalue weighted by Crippen LogP contribution is -2.44. The van der Waals surface area contributed by atoms with E-state index in [0.717, 1.165) is 13.1 Å². The quantitative estimate of drug-likeness (QED) is 0.754. The lowest BCUT2D eigenvalue weighted by Gasteiger charge is -2.23. The molecule has 2 aromatic carbocycles. The molecule has 0 atom stereocenters. The molecule has 2 rings (SSSR count). The highest BCUT2D eigenvalue weighted by Gasteiger charge is 2.19. The van der Waals surface area contributed by atoms with Crippen LogP contribution in [-0.2, 0) is 13.1 Å². The number of nitrogens with zero attached hydrogens (tertiary/aromatic N) is 2. The van der Waals surface area contributed by atoms with Gasteiger partial charge >= 0.3 is 0 Å². The Hall–Kier alpha value is -1.42. The van der Waals surface area contributed by atoms with E-state index in [9.17, 15) is 0 Å². The first-order valence-electron chi connectivity index (χ1n) is 7.78. The highest BCUT2D eigenvalue weighted by Crippen LogP contribution is 2.09. The van der Waals surface area contributed by atoms with E-state index in [0.29, 0.717) is 0 Å². The fraction of sp³-hybridized carbons (Fsp3) is 0.368. The molecule has 2 aromatic rings. The van der Waals surface area contributed by atoms with E-state index in [2.05, 4.69) is 93.1 Å². The van der Waals surface area contributed by atoms with Crippen LogP contribution in [0.4, 0.5) is 0 Å². The van der Waals surface area contributed by atoms with Crippen LogP contribution < -0.4 is 10.4 Å². The van der Waals surface area contributed by atoms with E-state index in [1.165, 1.54) is 16.3 Å². The van der Waals surface area contributed by atoms with Gasteiger partial charge in [-0.25, -0.2) is 0 Å². The van der Waals surface area contributed by atoms with E-state index in [-0.39, 0.29) is 0 Å². The zero-order valence-electron chi connectivity index (χ0n) is 14.4. The number of hydrogen-bond donors (Lipinski definition) is 0. The average Bonchev–Trinajstić information content (AvgIpc) is 2.46. The zero-order valence-corrected chi connectivity index (χ0v) is 15.4. The fourth-order valence-electron chi connectivity index (χ4n) is 2.91. The third kappa shape index (κ3) is 4.29. The predicted octanol–water partition coefficient (Wildman–Crippen LogP) is 2.05. The SMILES string of the molecule is CN(C)Cc1cccc(CN(C)C)c1[Si](C)c1ccccc1. The Morgan fingerprint density at radius 3 is 1.68 bits per heavy atom. The summed E-state index contributed by atoms with van der Waals surface area (Å²) in [6.45, 7) is 4.44. The predicted molar refractivity (Wildman–Crippen MR) is 98.6 cm³/mol. The van der Waals surface area contributed by atoms with Crippen molar-refractivity contribution in [3.63, 3.8) is 0 Å². The third-order valence-electron chi connectivity index (χ3n) is 3.79. The molecule has 0 heterocycles. The minimum atomic E-state index is -0.748. The monoisotopic (exact) mass is 311 g/mol. The van der Waals surface area contributed by atoms with Gasteiger partial charge in [-0.3, -0.25) is 0 Å². The smallest absolute Gasteiger partial charge is 0.119 e. The normalized spacial score (nSPS) is 11.6. The Balaban J connectivity index is 2.48. The summed E-state index contributed by atoms with van der Waals surface area (Å²) in [5, 5.41) is 3.07. The molecule has 0 amide bonds. The minimum absolute atomic E-state index is 0.748. The average molecular weight is 312 g/mol. The Bertz CT molecular complexity index is 565. The van der Waals surface area contributed by atoms with Crippen molar-refractivity contribution in [1.29, 1.82) is 0 Å². The van der Waals surface area contributed by atoms with Crippen molar-refractivity contribution in [2.45, 2.75) is 19.6 Å². The topological polar surface area (TPSA) is 6.48 Å². The third-order valence-corrected chi connectivity index (χ3v) is 6.38. The van der Waals surface area contributed by atoms with E-state index >= 15 is 0 Å². The largest absolute Gasteiger partial charge is 0.305 e. The Morgan fingerprint density at radius 2 is 1.23 bits per heavy atom. The summed E-state index contributed by atoms with van der Waals surface area (Å²) < 4.78 is 0. The van der Waals surface area contributed by atoms with Gasteiger partial charge in [-0.1, -0.05) is 60.3 Å². The van der Waals surface area contributed by atoms with Gasteiger partial charge in [-0.05, 0) is 44.5 Å². The molecule has 0 unspecified atom stereocenters. The molecule has 0 saturated carbocycles. The summed E-state index contributed by atoms with van der Waals surface area (Å²) in [6, 6.07) is 17.8. The van der Waals surface area contributed by atoms with Crippen LogP contribution in [0, 0.1) is 0 Å². The van der Waals surface area contributed by atoms with Crippen molar-refractivity contribution < 1.29 is 0 Å².